The number of aldehydes is 1. The van der Waals surface area contributed by atoms with Gasteiger partial charge in [-0.05, 0) is 28.4 Å². The minimum atomic E-state index is 0.689. The number of rotatable bonds is 2. The van der Waals surface area contributed by atoms with Gasteiger partial charge in [-0.1, -0.05) is 30.3 Å². The zero-order valence-electron chi connectivity index (χ0n) is 8.25. The number of carbonyl (C=O) groups excluding carboxylic acids is 1. The van der Waals surface area contributed by atoms with E-state index in [1.807, 2.05) is 37.3 Å². The van der Waals surface area contributed by atoms with Crippen molar-refractivity contribution < 1.29 is 4.79 Å². The van der Waals surface area contributed by atoms with Crippen LogP contribution in [0.1, 0.15) is 16.1 Å². The Balaban J connectivity index is 2.60. The number of benzene rings is 1. The highest BCUT2D eigenvalue weighted by atomic mass is 79.9. The topological polar surface area (TPSA) is 32.9 Å². The van der Waals surface area contributed by atoms with Crippen LogP contribution in [-0.4, -0.2) is 11.3 Å². The molecule has 0 bridgehead atoms. The Morgan fingerprint density at radius 1 is 1.27 bits per heavy atom. The first kappa shape index (κ1) is 10.2. The van der Waals surface area contributed by atoms with Crippen LogP contribution in [0.3, 0.4) is 0 Å². The number of halogens is 1. The maximum atomic E-state index is 10.8. The van der Waals surface area contributed by atoms with E-state index in [1.54, 1.807) is 0 Å². The minimum Gasteiger partial charge on any atom is -0.357 e. The highest BCUT2D eigenvalue weighted by molar-refractivity contribution is 9.10. The molecular formula is C12H10BrNO. The summed E-state index contributed by atoms with van der Waals surface area (Å²) in [6.07, 6.45) is 0.863. The van der Waals surface area contributed by atoms with Crippen LogP contribution in [0.5, 0.6) is 0 Å². The molecule has 0 saturated carbocycles. The highest BCUT2D eigenvalue weighted by Crippen LogP contribution is 2.31. The Morgan fingerprint density at radius 3 is 2.47 bits per heavy atom. The van der Waals surface area contributed by atoms with Gasteiger partial charge in [0, 0.05) is 11.3 Å². The van der Waals surface area contributed by atoms with Crippen molar-refractivity contribution in [3.8, 4) is 11.3 Å². The van der Waals surface area contributed by atoms with Crippen molar-refractivity contribution in [3.63, 3.8) is 0 Å². The van der Waals surface area contributed by atoms with E-state index in [0.29, 0.717) is 5.56 Å². The third-order valence-corrected chi connectivity index (χ3v) is 3.18. The van der Waals surface area contributed by atoms with Gasteiger partial charge >= 0.3 is 0 Å². The van der Waals surface area contributed by atoms with Crippen molar-refractivity contribution in [1.82, 2.24) is 4.98 Å². The minimum absolute atomic E-state index is 0.689. The van der Waals surface area contributed by atoms with Gasteiger partial charge in [-0.15, -0.1) is 0 Å². The summed E-state index contributed by atoms with van der Waals surface area (Å²) in [5.41, 5.74) is 3.60. The van der Waals surface area contributed by atoms with E-state index in [1.165, 1.54) is 0 Å². The Hall–Kier alpha value is -1.35. The predicted molar refractivity (Wildman–Crippen MR) is 64.1 cm³/mol. The Kier molecular flexibility index (Phi) is 2.73. The second-order valence-electron chi connectivity index (χ2n) is 3.34. The maximum Gasteiger partial charge on any atom is 0.153 e. The largest absolute Gasteiger partial charge is 0.357 e. The number of aryl methyl sites for hydroxylation is 1. The molecule has 3 heteroatoms. The van der Waals surface area contributed by atoms with Crippen molar-refractivity contribution in [3.05, 3.63) is 46.1 Å². The van der Waals surface area contributed by atoms with E-state index in [9.17, 15) is 4.79 Å². The van der Waals surface area contributed by atoms with Crippen molar-refractivity contribution >= 4 is 22.2 Å². The van der Waals surface area contributed by atoms with Crippen LogP contribution < -0.4 is 0 Å². The zero-order valence-corrected chi connectivity index (χ0v) is 9.84. The van der Waals surface area contributed by atoms with Crippen LogP contribution in [0, 0.1) is 6.92 Å². The van der Waals surface area contributed by atoms with E-state index >= 15 is 0 Å². The Morgan fingerprint density at radius 2 is 1.93 bits per heavy atom. The molecule has 1 heterocycles. The molecule has 0 amide bonds. The molecule has 0 unspecified atom stereocenters. The number of carbonyl (C=O) groups is 1. The molecule has 0 radical (unpaired) electrons. The van der Waals surface area contributed by atoms with Gasteiger partial charge in [0.2, 0.25) is 0 Å². The molecule has 0 atom stereocenters. The molecule has 0 saturated heterocycles. The van der Waals surface area contributed by atoms with E-state index in [0.717, 1.165) is 27.7 Å². The molecule has 76 valence electrons. The lowest BCUT2D eigenvalue weighted by Gasteiger charge is -1.98. The Labute approximate surface area is 96.5 Å². The normalized spacial score (nSPS) is 10.3. The van der Waals surface area contributed by atoms with Crippen molar-refractivity contribution in [1.29, 1.82) is 0 Å². The number of hydrogen-bond donors (Lipinski definition) is 1. The van der Waals surface area contributed by atoms with Crippen LogP contribution in [0.4, 0.5) is 0 Å². The number of H-pyrrole nitrogens is 1. The molecule has 0 aliphatic carbocycles. The first-order chi connectivity index (χ1) is 7.24. The number of nitrogens with one attached hydrogen (secondary N) is 1. The van der Waals surface area contributed by atoms with E-state index in [-0.39, 0.29) is 0 Å². The standard InChI is InChI=1S/C12H10BrNO/c1-8-10(7-15)11(13)12(14-8)9-5-3-2-4-6-9/h2-7,14H,1H3. The average molecular weight is 264 g/mol. The summed E-state index contributed by atoms with van der Waals surface area (Å²) in [6.45, 7) is 1.89. The summed E-state index contributed by atoms with van der Waals surface area (Å²) < 4.78 is 0.834. The SMILES string of the molecule is Cc1[nH]c(-c2ccccc2)c(Br)c1C=O. The van der Waals surface area contributed by atoms with Gasteiger partial charge < -0.3 is 4.98 Å². The fourth-order valence-electron chi connectivity index (χ4n) is 1.55. The summed E-state index contributed by atoms with van der Waals surface area (Å²) >= 11 is 3.44. The number of aromatic amines is 1. The zero-order chi connectivity index (χ0) is 10.8. The number of aromatic nitrogens is 1. The van der Waals surface area contributed by atoms with Crippen LogP contribution >= 0.6 is 15.9 Å². The van der Waals surface area contributed by atoms with Crippen molar-refractivity contribution in [2.75, 3.05) is 0 Å². The van der Waals surface area contributed by atoms with E-state index in [4.69, 9.17) is 0 Å². The van der Waals surface area contributed by atoms with Gasteiger partial charge in [-0.3, -0.25) is 4.79 Å². The van der Waals surface area contributed by atoms with Gasteiger partial charge in [0.1, 0.15) is 0 Å². The first-order valence-corrected chi connectivity index (χ1v) is 5.42. The van der Waals surface area contributed by atoms with Crippen LogP contribution in [0.25, 0.3) is 11.3 Å². The monoisotopic (exact) mass is 263 g/mol. The smallest absolute Gasteiger partial charge is 0.153 e. The summed E-state index contributed by atoms with van der Waals surface area (Å²) in [7, 11) is 0. The second kappa shape index (κ2) is 4.03. The summed E-state index contributed by atoms with van der Waals surface area (Å²) in [6, 6.07) is 9.92. The molecule has 0 aliphatic heterocycles. The van der Waals surface area contributed by atoms with Crippen molar-refractivity contribution in [2.45, 2.75) is 6.92 Å². The third-order valence-electron chi connectivity index (χ3n) is 2.35. The van der Waals surface area contributed by atoms with Crippen LogP contribution in [0.15, 0.2) is 34.8 Å². The molecule has 15 heavy (non-hydrogen) atoms. The summed E-state index contributed by atoms with van der Waals surface area (Å²) in [4.78, 5) is 14.0. The quantitative estimate of drug-likeness (QED) is 0.826. The number of hydrogen-bond acceptors (Lipinski definition) is 1. The molecule has 2 aromatic rings. The second-order valence-corrected chi connectivity index (χ2v) is 4.13. The maximum absolute atomic E-state index is 10.8. The van der Waals surface area contributed by atoms with Crippen LogP contribution in [0.2, 0.25) is 0 Å². The molecule has 1 aromatic heterocycles. The fourth-order valence-corrected chi connectivity index (χ4v) is 2.27. The molecule has 0 spiro atoms. The summed E-state index contributed by atoms with van der Waals surface area (Å²) in [5.74, 6) is 0. The molecule has 1 N–H and O–H groups in total. The lowest BCUT2D eigenvalue weighted by atomic mass is 10.1. The van der Waals surface area contributed by atoms with Gasteiger partial charge in [-0.2, -0.15) is 0 Å². The molecule has 1 aromatic carbocycles. The Bertz CT molecular complexity index is 488. The van der Waals surface area contributed by atoms with Gasteiger partial charge in [0.25, 0.3) is 0 Å². The van der Waals surface area contributed by atoms with Gasteiger partial charge in [0.05, 0.1) is 10.2 Å². The highest BCUT2D eigenvalue weighted by Gasteiger charge is 2.12. The molecule has 0 fully saturated rings. The third kappa shape index (κ3) is 1.75. The van der Waals surface area contributed by atoms with Gasteiger partial charge in [0.15, 0.2) is 6.29 Å². The first-order valence-electron chi connectivity index (χ1n) is 4.62. The van der Waals surface area contributed by atoms with E-state index < -0.39 is 0 Å². The van der Waals surface area contributed by atoms with E-state index in [2.05, 4.69) is 20.9 Å². The van der Waals surface area contributed by atoms with Crippen LogP contribution in [-0.2, 0) is 0 Å². The molecule has 0 aliphatic rings. The lowest BCUT2D eigenvalue weighted by molar-refractivity contribution is 0.112. The van der Waals surface area contributed by atoms with Gasteiger partial charge in [-0.25, -0.2) is 0 Å². The lowest BCUT2D eigenvalue weighted by Crippen LogP contribution is -1.79. The fraction of sp³-hybridized carbons (Fsp3) is 0.0833. The molecule has 2 rings (SSSR count). The molecular weight excluding hydrogens is 254 g/mol. The van der Waals surface area contributed by atoms with Crippen molar-refractivity contribution in [2.24, 2.45) is 0 Å². The molecule has 2 nitrogen and oxygen atoms in total. The average Bonchev–Trinajstić information content (AvgIpc) is 2.55. The summed E-state index contributed by atoms with van der Waals surface area (Å²) in [5, 5.41) is 0. The predicted octanol–water partition coefficient (Wildman–Crippen LogP) is 3.57.